The molecule has 114 valence electrons. The van der Waals surface area contributed by atoms with Gasteiger partial charge in [-0.2, -0.15) is 0 Å². The maximum Gasteiger partial charge on any atom is 0.0425 e. The molecule has 0 spiro atoms. The van der Waals surface area contributed by atoms with Crippen LogP contribution in [0.4, 0.5) is 5.69 Å². The SMILES string of the molecule is CC(C)CN(c1cc(Br)ccc1CNC(C)C)C(C)C. The predicted molar refractivity (Wildman–Crippen MR) is 93.4 cm³/mol. The summed E-state index contributed by atoms with van der Waals surface area (Å²) in [6.07, 6.45) is 0. The van der Waals surface area contributed by atoms with Gasteiger partial charge in [0.1, 0.15) is 0 Å². The molecule has 0 aromatic heterocycles. The molecule has 0 bridgehead atoms. The number of benzene rings is 1. The van der Waals surface area contributed by atoms with E-state index in [0.717, 1.165) is 17.6 Å². The van der Waals surface area contributed by atoms with Gasteiger partial charge in [-0.3, -0.25) is 0 Å². The van der Waals surface area contributed by atoms with Crippen LogP contribution in [0.5, 0.6) is 0 Å². The highest BCUT2D eigenvalue weighted by atomic mass is 79.9. The summed E-state index contributed by atoms with van der Waals surface area (Å²) in [5.41, 5.74) is 2.72. The molecule has 0 aliphatic carbocycles. The van der Waals surface area contributed by atoms with E-state index >= 15 is 0 Å². The molecule has 1 aromatic rings. The van der Waals surface area contributed by atoms with Crippen LogP contribution in [0.3, 0.4) is 0 Å². The first kappa shape index (κ1) is 17.5. The number of nitrogens with one attached hydrogen (secondary N) is 1. The van der Waals surface area contributed by atoms with Crippen molar-refractivity contribution in [3.8, 4) is 0 Å². The highest BCUT2D eigenvalue weighted by molar-refractivity contribution is 9.10. The summed E-state index contributed by atoms with van der Waals surface area (Å²) in [6, 6.07) is 7.62. The van der Waals surface area contributed by atoms with Crippen molar-refractivity contribution in [1.82, 2.24) is 5.32 Å². The second-order valence-electron chi connectivity index (χ2n) is 6.45. The molecule has 0 heterocycles. The second kappa shape index (κ2) is 8.04. The smallest absolute Gasteiger partial charge is 0.0425 e. The summed E-state index contributed by atoms with van der Waals surface area (Å²) in [4.78, 5) is 2.51. The number of anilines is 1. The van der Waals surface area contributed by atoms with E-state index in [1.54, 1.807) is 0 Å². The molecule has 0 aliphatic rings. The molecule has 0 unspecified atom stereocenters. The molecule has 1 aromatic carbocycles. The Labute approximate surface area is 133 Å². The van der Waals surface area contributed by atoms with E-state index in [2.05, 4.69) is 85.9 Å². The lowest BCUT2D eigenvalue weighted by Gasteiger charge is -2.33. The van der Waals surface area contributed by atoms with Crippen LogP contribution < -0.4 is 10.2 Å². The molecule has 0 saturated carbocycles. The molecular weight excluding hydrogens is 312 g/mol. The fraction of sp³-hybridized carbons (Fsp3) is 0.647. The molecule has 0 aliphatic heterocycles. The number of rotatable bonds is 7. The molecule has 3 heteroatoms. The summed E-state index contributed by atoms with van der Waals surface area (Å²) in [7, 11) is 0. The highest BCUT2D eigenvalue weighted by Gasteiger charge is 2.16. The van der Waals surface area contributed by atoms with E-state index in [1.807, 2.05) is 0 Å². The summed E-state index contributed by atoms with van der Waals surface area (Å²) in [5, 5.41) is 3.53. The second-order valence-corrected chi connectivity index (χ2v) is 7.36. The Morgan fingerprint density at radius 1 is 1.10 bits per heavy atom. The average molecular weight is 341 g/mol. The average Bonchev–Trinajstić information content (AvgIpc) is 2.33. The lowest BCUT2D eigenvalue weighted by molar-refractivity contribution is 0.560. The lowest BCUT2D eigenvalue weighted by Crippen LogP contribution is -2.35. The van der Waals surface area contributed by atoms with Crippen LogP contribution >= 0.6 is 15.9 Å². The Morgan fingerprint density at radius 3 is 2.25 bits per heavy atom. The van der Waals surface area contributed by atoms with Gasteiger partial charge in [0.2, 0.25) is 0 Å². The fourth-order valence-corrected chi connectivity index (χ4v) is 2.60. The van der Waals surface area contributed by atoms with Gasteiger partial charge < -0.3 is 10.2 Å². The van der Waals surface area contributed by atoms with Gasteiger partial charge in [0.25, 0.3) is 0 Å². The molecule has 0 saturated heterocycles. The van der Waals surface area contributed by atoms with Gasteiger partial charge in [-0.05, 0) is 37.5 Å². The van der Waals surface area contributed by atoms with E-state index in [9.17, 15) is 0 Å². The van der Waals surface area contributed by atoms with Gasteiger partial charge in [0.05, 0.1) is 0 Å². The van der Waals surface area contributed by atoms with Crippen molar-refractivity contribution in [3.63, 3.8) is 0 Å². The Hall–Kier alpha value is -0.540. The molecule has 20 heavy (non-hydrogen) atoms. The van der Waals surface area contributed by atoms with Gasteiger partial charge >= 0.3 is 0 Å². The van der Waals surface area contributed by atoms with E-state index in [-0.39, 0.29) is 0 Å². The Balaban J connectivity index is 3.07. The molecule has 0 fully saturated rings. The van der Waals surface area contributed by atoms with E-state index in [1.165, 1.54) is 11.3 Å². The Kier molecular flexibility index (Phi) is 7.04. The van der Waals surface area contributed by atoms with Crippen LogP contribution in [0.25, 0.3) is 0 Å². The van der Waals surface area contributed by atoms with Crippen LogP contribution in [0.1, 0.15) is 47.1 Å². The minimum Gasteiger partial charge on any atom is -0.369 e. The summed E-state index contributed by atoms with van der Waals surface area (Å²) in [5.74, 6) is 0.655. The van der Waals surface area contributed by atoms with Crippen LogP contribution in [-0.2, 0) is 6.54 Å². The molecule has 0 radical (unpaired) electrons. The van der Waals surface area contributed by atoms with Crippen molar-refractivity contribution >= 4 is 21.6 Å². The van der Waals surface area contributed by atoms with Gasteiger partial charge in [-0.25, -0.2) is 0 Å². The fourth-order valence-electron chi connectivity index (χ4n) is 2.25. The van der Waals surface area contributed by atoms with Gasteiger partial charge in [0, 0.05) is 35.3 Å². The molecule has 1 rings (SSSR count). The normalized spacial score (nSPS) is 11.7. The zero-order chi connectivity index (χ0) is 15.3. The van der Waals surface area contributed by atoms with E-state index in [0.29, 0.717) is 18.0 Å². The van der Waals surface area contributed by atoms with Crippen LogP contribution in [0.2, 0.25) is 0 Å². The first-order valence-electron chi connectivity index (χ1n) is 7.59. The third kappa shape index (κ3) is 5.45. The maximum atomic E-state index is 3.61. The zero-order valence-corrected chi connectivity index (χ0v) is 15.3. The first-order chi connectivity index (χ1) is 9.31. The Bertz CT molecular complexity index is 413. The number of halogens is 1. The third-order valence-corrected chi connectivity index (χ3v) is 3.74. The summed E-state index contributed by atoms with van der Waals surface area (Å²) in [6.45, 7) is 15.5. The Morgan fingerprint density at radius 2 is 1.75 bits per heavy atom. The van der Waals surface area contributed by atoms with Crippen molar-refractivity contribution in [3.05, 3.63) is 28.2 Å². The topological polar surface area (TPSA) is 15.3 Å². The van der Waals surface area contributed by atoms with Crippen molar-refractivity contribution < 1.29 is 0 Å². The first-order valence-corrected chi connectivity index (χ1v) is 8.39. The van der Waals surface area contributed by atoms with Crippen molar-refractivity contribution in [2.24, 2.45) is 5.92 Å². The van der Waals surface area contributed by atoms with Crippen molar-refractivity contribution in [1.29, 1.82) is 0 Å². The van der Waals surface area contributed by atoms with E-state index < -0.39 is 0 Å². The number of hydrogen-bond acceptors (Lipinski definition) is 2. The summed E-state index contributed by atoms with van der Waals surface area (Å²) >= 11 is 3.61. The van der Waals surface area contributed by atoms with Gasteiger partial charge in [-0.1, -0.05) is 49.7 Å². The minimum atomic E-state index is 0.504. The quantitative estimate of drug-likeness (QED) is 0.765. The molecule has 0 atom stereocenters. The van der Waals surface area contributed by atoms with Crippen LogP contribution in [0, 0.1) is 5.92 Å². The van der Waals surface area contributed by atoms with Crippen molar-refractivity contribution in [2.75, 3.05) is 11.4 Å². The number of nitrogens with zero attached hydrogens (tertiary/aromatic N) is 1. The van der Waals surface area contributed by atoms with E-state index in [4.69, 9.17) is 0 Å². The minimum absolute atomic E-state index is 0.504. The highest BCUT2D eigenvalue weighted by Crippen LogP contribution is 2.27. The lowest BCUT2D eigenvalue weighted by atomic mass is 10.1. The standard InChI is InChI=1S/C17H29BrN2/c1-12(2)11-20(14(5)6)17-9-16(18)8-7-15(17)10-19-13(3)4/h7-9,12-14,19H,10-11H2,1-6H3. The zero-order valence-electron chi connectivity index (χ0n) is 13.7. The van der Waals surface area contributed by atoms with Gasteiger partial charge in [-0.15, -0.1) is 0 Å². The van der Waals surface area contributed by atoms with Crippen LogP contribution in [0.15, 0.2) is 22.7 Å². The largest absolute Gasteiger partial charge is 0.369 e. The number of hydrogen-bond donors (Lipinski definition) is 1. The molecular formula is C17H29BrN2. The third-order valence-electron chi connectivity index (χ3n) is 3.24. The molecule has 2 nitrogen and oxygen atoms in total. The van der Waals surface area contributed by atoms with Crippen molar-refractivity contribution in [2.45, 2.75) is 60.2 Å². The maximum absolute atomic E-state index is 3.61. The summed E-state index contributed by atoms with van der Waals surface area (Å²) < 4.78 is 1.15. The monoisotopic (exact) mass is 340 g/mol. The van der Waals surface area contributed by atoms with Crippen LogP contribution in [-0.4, -0.2) is 18.6 Å². The predicted octanol–water partition coefficient (Wildman–Crippen LogP) is 4.82. The molecule has 1 N–H and O–H groups in total. The molecule has 0 amide bonds. The van der Waals surface area contributed by atoms with Gasteiger partial charge in [0.15, 0.2) is 0 Å².